The number of thiazole rings is 1. The summed E-state index contributed by atoms with van der Waals surface area (Å²) in [6.45, 7) is 14.1. The zero-order valence-electron chi connectivity index (χ0n) is 13.3. The van der Waals surface area contributed by atoms with Crippen LogP contribution in [-0.4, -0.2) is 25.1 Å². The van der Waals surface area contributed by atoms with Crippen LogP contribution in [0.4, 0.5) is 5.13 Å². The zero-order valence-corrected chi connectivity index (χ0v) is 14.2. The molecule has 0 saturated carbocycles. The Morgan fingerprint density at radius 3 is 2.47 bits per heavy atom. The van der Waals surface area contributed by atoms with Gasteiger partial charge in [0.05, 0.1) is 5.69 Å². The fourth-order valence-corrected chi connectivity index (χ4v) is 3.17. The van der Waals surface area contributed by atoms with Gasteiger partial charge in [0.15, 0.2) is 5.13 Å². The van der Waals surface area contributed by atoms with Crippen LogP contribution in [0.3, 0.4) is 0 Å². The van der Waals surface area contributed by atoms with Crippen LogP contribution in [0, 0.1) is 0 Å². The monoisotopic (exact) mass is 283 g/mol. The molecular formula is C15H29N3S. The first-order valence-corrected chi connectivity index (χ1v) is 8.13. The smallest absolute Gasteiger partial charge is 0.185 e. The van der Waals surface area contributed by atoms with Gasteiger partial charge in [-0.2, -0.15) is 0 Å². The Morgan fingerprint density at radius 2 is 1.95 bits per heavy atom. The molecule has 0 aliphatic carbocycles. The van der Waals surface area contributed by atoms with Crippen molar-refractivity contribution in [3.8, 4) is 0 Å². The van der Waals surface area contributed by atoms with E-state index in [4.69, 9.17) is 4.98 Å². The Labute approximate surface area is 122 Å². The number of rotatable bonds is 7. The Kier molecular flexibility index (Phi) is 6.27. The summed E-state index contributed by atoms with van der Waals surface area (Å²) in [5, 5.41) is 4.58. The molecule has 0 spiro atoms. The van der Waals surface area contributed by atoms with E-state index in [2.05, 4.69) is 51.9 Å². The topological polar surface area (TPSA) is 28.2 Å². The first-order valence-electron chi connectivity index (χ1n) is 7.32. The second-order valence-electron chi connectivity index (χ2n) is 6.07. The van der Waals surface area contributed by atoms with E-state index in [-0.39, 0.29) is 5.41 Å². The van der Waals surface area contributed by atoms with Crippen molar-refractivity contribution >= 4 is 16.5 Å². The highest BCUT2D eigenvalue weighted by Gasteiger charge is 2.23. The van der Waals surface area contributed by atoms with Crippen LogP contribution in [0.2, 0.25) is 0 Å². The SMILES string of the molecule is CCCCN(C)c1nc(C(C)(C)C)c(CNCC)s1. The minimum atomic E-state index is 0.116. The number of nitrogens with zero attached hydrogens (tertiary/aromatic N) is 2. The Balaban J connectivity index is 2.92. The van der Waals surface area contributed by atoms with Crippen LogP contribution >= 0.6 is 11.3 Å². The minimum absolute atomic E-state index is 0.116. The Morgan fingerprint density at radius 1 is 1.26 bits per heavy atom. The second kappa shape index (κ2) is 7.25. The summed E-state index contributed by atoms with van der Waals surface area (Å²) in [5.41, 5.74) is 1.36. The van der Waals surface area contributed by atoms with Gasteiger partial charge in [-0.1, -0.05) is 41.0 Å². The maximum absolute atomic E-state index is 4.89. The lowest BCUT2D eigenvalue weighted by Crippen LogP contribution is -2.20. The summed E-state index contributed by atoms with van der Waals surface area (Å²) in [7, 11) is 2.15. The van der Waals surface area contributed by atoms with E-state index in [1.807, 2.05) is 11.3 Å². The van der Waals surface area contributed by atoms with E-state index >= 15 is 0 Å². The normalized spacial score (nSPS) is 11.9. The summed E-state index contributed by atoms with van der Waals surface area (Å²) < 4.78 is 0. The third-order valence-electron chi connectivity index (χ3n) is 3.11. The summed E-state index contributed by atoms with van der Waals surface area (Å²) >= 11 is 1.84. The van der Waals surface area contributed by atoms with Crippen molar-refractivity contribution in [3.63, 3.8) is 0 Å². The van der Waals surface area contributed by atoms with Crippen molar-refractivity contribution in [2.45, 2.75) is 59.4 Å². The van der Waals surface area contributed by atoms with Crippen LogP contribution in [0.1, 0.15) is 58.0 Å². The number of aromatic nitrogens is 1. The maximum atomic E-state index is 4.89. The average Bonchev–Trinajstić information content (AvgIpc) is 2.77. The highest BCUT2D eigenvalue weighted by Crippen LogP contribution is 2.33. The van der Waals surface area contributed by atoms with Crippen LogP contribution in [0.15, 0.2) is 0 Å². The molecular weight excluding hydrogens is 254 g/mol. The molecule has 0 fully saturated rings. The predicted octanol–water partition coefficient (Wildman–Crippen LogP) is 3.79. The van der Waals surface area contributed by atoms with Gasteiger partial charge in [-0.15, -0.1) is 11.3 Å². The molecule has 1 aromatic heterocycles. The highest BCUT2D eigenvalue weighted by atomic mass is 32.1. The van der Waals surface area contributed by atoms with E-state index in [0.29, 0.717) is 0 Å². The van der Waals surface area contributed by atoms with E-state index in [1.165, 1.54) is 23.4 Å². The molecule has 3 nitrogen and oxygen atoms in total. The molecule has 0 bridgehead atoms. The lowest BCUT2D eigenvalue weighted by molar-refractivity contribution is 0.560. The maximum Gasteiger partial charge on any atom is 0.185 e. The first-order chi connectivity index (χ1) is 8.90. The van der Waals surface area contributed by atoms with E-state index < -0.39 is 0 Å². The summed E-state index contributed by atoms with van der Waals surface area (Å²) in [6, 6.07) is 0. The average molecular weight is 283 g/mol. The van der Waals surface area contributed by atoms with Crippen LogP contribution in [0.25, 0.3) is 0 Å². The molecule has 0 aliphatic heterocycles. The fraction of sp³-hybridized carbons (Fsp3) is 0.800. The third-order valence-corrected chi connectivity index (χ3v) is 4.28. The lowest BCUT2D eigenvalue weighted by atomic mass is 9.91. The molecule has 0 amide bonds. The van der Waals surface area contributed by atoms with Gasteiger partial charge in [0.1, 0.15) is 0 Å². The predicted molar refractivity (Wildman–Crippen MR) is 86.4 cm³/mol. The molecule has 1 rings (SSSR count). The Hall–Kier alpha value is -0.610. The van der Waals surface area contributed by atoms with Gasteiger partial charge in [0.25, 0.3) is 0 Å². The van der Waals surface area contributed by atoms with Gasteiger partial charge in [0.2, 0.25) is 0 Å². The molecule has 0 unspecified atom stereocenters. The van der Waals surface area contributed by atoms with Crippen LogP contribution in [0.5, 0.6) is 0 Å². The van der Waals surface area contributed by atoms with Crippen LogP contribution in [-0.2, 0) is 12.0 Å². The highest BCUT2D eigenvalue weighted by molar-refractivity contribution is 7.15. The number of unbranched alkanes of at least 4 members (excludes halogenated alkanes) is 1. The first kappa shape index (κ1) is 16.4. The van der Waals surface area contributed by atoms with Crippen LogP contribution < -0.4 is 10.2 Å². The molecule has 0 atom stereocenters. The van der Waals surface area contributed by atoms with Gasteiger partial charge >= 0.3 is 0 Å². The lowest BCUT2D eigenvalue weighted by Gasteiger charge is -2.18. The zero-order chi connectivity index (χ0) is 14.5. The summed E-state index contributed by atoms with van der Waals surface area (Å²) in [4.78, 5) is 8.56. The van der Waals surface area contributed by atoms with Gasteiger partial charge in [0, 0.05) is 30.4 Å². The molecule has 4 heteroatoms. The summed E-state index contributed by atoms with van der Waals surface area (Å²) in [5.74, 6) is 0. The molecule has 0 aliphatic rings. The van der Waals surface area contributed by atoms with Crippen molar-refractivity contribution < 1.29 is 0 Å². The molecule has 1 heterocycles. The Bertz CT molecular complexity index is 379. The minimum Gasteiger partial charge on any atom is -0.351 e. The third kappa shape index (κ3) is 4.77. The van der Waals surface area contributed by atoms with Crippen molar-refractivity contribution in [2.24, 2.45) is 0 Å². The van der Waals surface area contributed by atoms with E-state index in [0.717, 1.165) is 24.8 Å². The molecule has 1 aromatic rings. The molecule has 0 saturated heterocycles. The van der Waals surface area contributed by atoms with Crippen molar-refractivity contribution in [2.75, 3.05) is 25.0 Å². The summed E-state index contributed by atoms with van der Waals surface area (Å²) in [6.07, 6.45) is 2.45. The van der Waals surface area contributed by atoms with Gasteiger partial charge in [-0.05, 0) is 13.0 Å². The molecule has 110 valence electrons. The second-order valence-corrected chi connectivity index (χ2v) is 7.14. The standard InChI is InChI=1S/C15H29N3S/c1-7-9-10-18(6)14-17-13(15(3,4)5)12(19-14)11-16-8-2/h16H,7-11H2,1-6H3. The molecule has 0 aromatic carbocycles. The van der Waals surface area contributed by atoms with E-state index in [9.17, 15) is 0 Å². The number of nitrogens with one attached hydrogen (secondary N) is 1. The molecule has 19 heavy (non-hydrogen) atoms. The van der Waals surface area contributed by atoms with Crippen molar-refractivity contribution in [3.05, 3.63) is 10.6 Å². The van der Waals surface area contributed by atoms with Crippen molar-refractivity contribution in [1.29, 1.82) is 0 Å². The number of anilines is 1. The van der Waals surface area contributed by atoms with Crippen molar-refractivity contribution in [1.82, 2.24) is 10.3 Å². The van der Waals surface area contributed by atoms with Gasteiger partial charge < -0.3 is 10.2 Å². The van der Waals surface area contributed by atoms with E-state index in [1.54, 1.807) is 0 Å². The quantitative estimate of drug-likeness (QED) is 0.825. The molecule has 1 N–H and O–H groups in total. The largest absolute Gasteiger partial charge is 0.351 e. The fourth-order valence-electron chi connectivity index (χ4n) is 1.94. The van der Waals surface area contributed by atoms with Gasteiger partial charge in [-0.25, -0.2) is 4.98 Å². The molecule has 0 radical (unpaired) electrons. The van der Waals surface area contributed by atoms with Gasteiger partial charge in [-0.3, -0.25) is 0 Å². The number of hydrogen-bond donors (Lipinski definition) is 1. The number of hydrogen-bond acceptors (Lipinski definition) is 4.